The SMILES string of the molecule is CSCc1ccc(C(=O)O)cc1. The number of benzene rings is 1. The zero-order chi connectivity index (χ0) is 8.97. The topological polar surface area (TPSA) is 37.3 Å². The number of hydrogen-bond acceptors (Lipinski definition) is 2. The van der Waals surface area contributed by atoms with Crippen LogP contribution in [-0.4, -0.2) is 17.3 Å². The third-order valence-electron chi connectivity index (χ3n) is 1.51. The van der Waals surface area contributed by atoms with Crippen LogP contribution in [0.2, 0.25) is 0 Å². The van der Waals surface area contributed by atoms with Gasteiger partial charge in [0, 0.05) is 5.75 Å². The molecule has 0 bridgehead atoms. The van der Waals surface area contributed by atoms with E-state index in [0.29, 0.717) is 5.56 Å². The molecule has 1 N–H and O–H groups in total. The summed E-state index contributed by atoms with van der Waals surface area (Å²) in [6.07, 6.45) is 2.02. The highest BCUT2D eigenvalue weighted by Crippen LogP contribution is 2.10. The van der Waals surface area contributed by atoms with Crippen molar-refractivity contribution in [2.45, 2.75) is 5.75 Å². The van der Waals surface area contributed by atoms with Gasteiger partial charge in [-0.15, -0.1) is 0 Å². The summed E-state index contributed by atoms with van der Waals surface area (Å²) in [5, 5.41) is 8.60. The van der Waals surface area contributed by atoms with Gasteiger partial charge < -0.3 is 5.11 Å². The van der Waals surface area contributed by atoms with Crippen LogP contribution in [0.1, 0.15) is 15.9 Å². The van der Waals surface area contributed by atoms with Crippen LogP contribution in [0.3, 0.4) is 0 Å². The number of rotatable bonds is 3. The molecule has 0 atom stereocenters. The molecule has 64 valence electrons. The highest BCUT2D eigenvalue weighted by molar-refractivity contribution is 7.97. The lowest BCUT2D eigenvalue weighted by Gasteiger charge is -1.98. The zero-order valence-corrected chi connectivity index (χ0v) is 7.60. The highest BCUT2D eigenvalue weighted by atomic mass is 32.2. The van der Waals surface area contributed by atoms with Gasteiger partial charge in [0.1, 0.15) is 0 Å². The average Bonchev–Trinajstić information content (AvgIpc) is 2.06. The maximum atomic E-state index is 10.5. The fourth-order valence-electron chi connectivity index (χ4n) is 0.910. The van der Waals surface area contributed by atoms with Gasteiger partial charge in [0.25, 0.3) is 0 Å². The Bertz CT molecular complexity index is 266. The Morgan fingerprint density at radius 2 is 2.00 bits per heavy atom. The van der Waals surface area contributed by atoms with Crippen LogP contribution in [0.4, 0.5) is 0 Å². The lowest BCUT2D eigenvalue weighted by atomic mass is 10.1. The molecule has 3 heteroatoms. The predicted molar refractivity (Wildman–Crippen MR) is 50.6 cm³/mol. The fraction of sp³-hybridized carbons (Fsp3) is 0.222. The summed E-state index contributed by atoms with van der Waals surface area (Å²) in [5.74, 6) is 0.0607. The van der Waals surface area contributed by atoms with E-state index < -0.39 is 5.97 Å². The van der Waals surface area contributed by atoms with Crippen LogP contribution in [0.15, 0.2) is 24.3 Å². The summed E-state index contributed by atoms with van der Waals surface area (Å²) >= 11 is 1.72. The van der Waals surface area contributed by atoms with Crippen molar-refractivity contribution in [3.63, 3.8) is 0 Å². The summed E-state index contributed by atoms with van der Waals surface area (Å²) in [6.45, 7) is 0. The van der Waals surface area contributed by atoms with Crippen LogP contribution < -0.4 is 0 Å². The maximum absolute atomic E-state index is 10.5. The van der Waals surface area contributed by atoms with Gasteiger partial charge in [-0.2, -0.15) is 11.8 Å². The minimum atomic E-state index is -0.870. The van der Waals surface area contributed by atoms with E-state index in [1.807, 2.05) is 18.4 Å². The van der Waals surface area contributed by atoms with E-state index in [4.69, 9.17) is 5.11 Å². The standard InChI is InChI=1S/C9H10O2S/c1-12-6-7-2-4-8(5-3-7)9(10)11/h2-5H,6H2,1H3,(H,10,11). The van der Waals surface area contributed by atoms with Gasteiger partial charge in [-0.25, -0.2) is 4.79 Å². The molecule has 0 aliphatic rings. The molecule has 0 aromatic heterocycles. The summed E-state index contributed by atoms with van der Waals surface area (Å²) in [4.78, 5) is 10.5. The molecule has 0 amide bonds. The Balaban J connectivity index is 2.78. The van der Waals surface area contributed by atoms with Gasteiger partial charge in [0.15, 0.2) is 0 Å². The van der Waals surface area contributed by atoms with E-state index in [2.05, 4.69) is 0 Å². The quantitative estimate of drug-likeness (QED) is 0.779. The van der Waals surface area contributed by atoms with E-state index in [-0.39, 0.29) is 0 Å². The molecule has 0 unspecified atom stereocenters. The summed E-state index contributed by atoms with van der Waals surface area (Å²) < 4.78 is 0. The normalized spacial score (nSPS) is 9.75. The number of carbonyl (C=O) groups is 1. The van der Waals surface area contributed by atoms with Gasteiger partial charge in [0.2, 0.25) is 0 Å². The predicted octanol–water partition coefficient (Wildman–Crippen LogP) is 2.25. The molecular formula is C9H10O2S. The van der Waals surface area contributed by atoms with Crippen LogP contribution in [0.25, 0.3) is 0 Å². The van der Waals surface area contributed by atoms with Gasteiger partial charge in [0.05, 0.1) is 5.56 Å². The smallest absolute Gasteiger partial charge is 0.335 e. The fourth-order valence-corrected chi connectivity index (χ4v) is 1.44. The third-order valence-corrected chi connectivity index (χ3v) is 2.13. The summed E-state index contributed by atoms with van der Waals surface area (Å²) in [6, 6.07) is 6.96. The van der Waals surface area contributed by atoms with Crippen LogP contribution >= 0.6 is 11.8 Å². The minimum absolute atomic E-state index is 0.347. The monoisotopic (exact) mass is 182 g/mol. The number of carboxylic acids is 1. The number of hydrogen-bond donors (Lipinski definition) is 1. The van der Waals surface area contributed by atoms with Crippen molar-refractivity contribution in [3.8, 4) is 0 Å². The minimum Gasteiger partial charge on any atom is -0.478 e. The lowest BCUT2D eigenvalue weighted by molar-refractivity contribution is 0.0697. The third kappa shape index (κ3) is 2.27. The van der Waals surface area contributed by atoms with Crippen molar-refractivity contribution in [2.24, 2.45) is 0 Å². The second-order valence-corrected chi connectivity index (χ2v) is 3.30. The maximum Gasteiger partial charge on any atom is 0.335 e. The molecule has 1 aromatic rings. The van der Waals surface area contributed by atoms with Gasteiger partial charge >= 0.3 is 5.97 Å². The Morgan fingerprint density at radius 1 is 1.42 bits per heavy atom. The molecule has 0 spiro atoms. The molecule has 1 rings (SSSR count). The Labute approximate surface area is 75.6 Å². The van der Waals surface area contributed by atoms with E-state index in [9.17, 15) is 4.79 Å². The largest absolute Gasteiger partial charge is 0.478 e. The summed E-state index contributed by atoms with van der Waals surface area (Å²) in [7, 11) is 0. The first kappa shape index (κ1) is 9.13. The molecule has 0 aliphatic carbocycles. The van der Waals surface area contributed by atoms with Gasteiger partial charge in [-0.1, -0.05) is 12.1 Å². The van der Waals surface area contributed by atoms with Crippen molar-refractivity contribution < 1.29 is 9.90 Å². The molecule has 0 radical (unpaired) electrons. The van der Waals surface area contributed by atoms with Crippen LogP contribution in [0, 0.1) is 0 Å². The van der Waals surface area contributed by atoms with E-state index >= 15 is 0 Å². The first-order chi connectivity index (χ1) is 5.74. The molecule has 12 heavy (non-hydrogen) atoms. The summed E-state index contributed by atoms with van der Waals surface area (Å²) in [5.41, 5.74) is 1.51. The molecule has 0 saturated carbocycles. The van der Waals surface area contributed by atoms with Crippen molar-refractivity contribution in [1.82, 2.24) is 0 Å². The molecule has 0 fully saturated rings. The Kier molecular flexibility index (Phi) is 3.17. The van der Waals surface area contributed by atoms with Crippen LogP contribution in [-0.2, 0) is 5.75 Å². The van der Waals surface area contributed by atoms with Crippen molar-refractivity contribution in [2.75, 3.05) is 6.26 Å². The second-order valence-electron chi connectivity index (χ2n) is 2.44. The van der Waals surface area contributed by atoms with Crippen molar-refractivity contribution in [3.05, 3.63) is 35.4 Å². The zero-order valence-electron chi connectivity index (χ0n) is 6.78. The number of carboxylic acid groups (broad SMARTS) is 1. The molecule has 1 aromatic carbocycles. The van der Waals surface area contributed by atoms with Crippen molar-refractivity contribution in [1.29, 1.82) is 0 Å². The number of aromatic carboxylic acids is 1. The van der Waals surface area contributed by atoms with E-state index in [1.54, 1.807) is 23.9 Å². The Morgan fingerprint density at radius 3 is 2.42 bits per heavy atom. The van der Waals surface area contributed by atoms with Gasteiger partial charge in [-0.3, -0.25) is 0 Å². The van der Waals surface area contributed by atoms with Crippen molar-refractivity contribution >= 4 is 17.7 Å². The first-order valence-electron chi connectivity index (χ1n) is 3.55. The first-order valence-corrected chi connectivity index (χ1v) is 4.94. The number of thioether (sulfide) groups is 1. The molecule has 0 saturated heterocycles. The Hall–Kier alpha value is -0.960. The highest BCUT2D eigenvalue weighted by Gasteiger charge is 2.00. The molecule has 0 heterocycles. The lowest BCUT2D eigenvalue weighted by Crippen LogP contribution is -1.95. The molecule has 0 aliphatic heterocycles. The van der Waals surface area contributed by atoms with E-state index in [0.717, 1.165) is 11.3 Å². The van der Waals surface area contributed by atoms with Crippen LogP contribution in [0.5, 0.6) is 0 Å². The van der Waals surface area contributed by atoms with E-state index in [1.165, 1.54) is 0 Å². The second kappa shape index (κ2) is 4.16. The average molecular weight is 182 g/mol. The van der Waals surface area contributed by atoms with Gasteiger partial charge in [-0.05, 0) is 24.0 Å². The molecule has 2 nitrogen and oxygen atoms in total. The molecular weight excluding hydrogens is 172 g/mol.